The zero-order chi connectivity index (χ0) is 51.5. The lowest BCUT2D eigenvalue weighted by molar-refractivity contribution is -0.143. The molecule has 2 fully saturated rings. The molecule has 5 aliphatic heterocycles. The lowest BCUT2D eigenvalue weighted by Crippen LogP contribution is -2.61. The minimum Gasteiger partial charge on any atom is -0.508 e. The maximum absolute atomic E-state index is 15.0. The van der Waals surface area contributed by atoms with Crippen LogP contribution in [-0.2, 0) is 62.4 Å². The summed E-state index contributed by atoms with van der Waals surface area (Å²) in [6, 6.07) is 8.73. The number of hydrogen-bond donors (Lipinski definition) is 10. The molecule has 0 aliphatic carbocycles. The molecule has 6 heterocycles. The molecule has 22 nitrogen and oxygen atoms in total. The Labute approximate surface area is 412 Å². The van der Waals surface area contributed by atoms with Crippen LogP contribution in [0.2, 0.25) is 0 Å². The summed E-state index contributed by atoms with van der Waals surface area (Å²) in [7, 11) is 0. The van der Waals surface area contributed by atoms with E-state index in [-0.39, 0.29) is 49.3 Å². The van der Waals surface area contributed by atoms with Crippen molar-refractivity contribution < 1.29 is 63.2 Å². The van der Waals surface area contributed by atoms with Crippen LogP contribution in [0.25, 0.3) is 10.9 Å². The molecule has 8 bridgehead atoms. The summed E-state index contributed by atoms with van der Waals surface area (Å²) >= 11 is 0. The summed E-state index contributed by atoms with van der Waals surface area (Å²) < 4.78 is 7.38. The summed E-state index contributed by atoms with van der Waals surface area (Å²) in [5, 5.41) is 50.4. The molecule has 5 aliphatic rings. The van der Waals surface area contributed by atoms with E-state index in [0.717, 1.165) is 0 Å². The van der Waals surface area contributed by atoms with Crippen molar-refractivity contribution in [2.75, 3.05) is 6.54 Å². The fraction of sp³-hybridized carbons (Fsp3) is 0.420. The minimum atomic E-state index is -1.73. The van der Waals surface area contributed by atoms with E-state index in [4.69, 9.17) is 4.74 Å². The number of rotatable bonds is 5. The second-order valence-corrected chi connectivity index (χ2v) is 19.0. The van der Waals surface area contributed by atoms with Gasteiger partial charge in [0.2, 0.25) is 35.4 Å². The second kappa shape index (κ2) is 21.1. The number of para-hydroxylation sites is 1. The van der Waals surface area contributed by atoms with E-state index in [2.05, 4.69) is 37.2 Å². The Hall–Kier alpha value is -8.01. The Balaban J connectivity index is 1.27. The van der Waals surface area contributed by atoms with Gasteiger partial charge in [-0.05, 0) is 72.7 Å². The average molecular weight is 992 g/mol. The number of aromatic hydroxyl groups is 1. The van der Waals surface area contributed by atoms with Crippen LogP contribution < -0.4 is 42.0 Å². The first-order valence-electron chi connectivity index (χ1n) is 23.8. The first-order chi connectivity index (χ1) is 34.3. The fourth-order valence-electron chi connectivity index (χ4n) is 9.59. The highest BCUT2D eigenvalue weighted by Gasteiger charge is 2.45. The number of benzene rings is 3. The number of phenolic OH excluding ortho intramolecular Hbond substituents is 1. The van der Waals surface area contributed by atoms with E-state index in [0.29, 0.717) is 28.5 Å². The van der Waals surface area contributed by atoms with E-state index in [9.17, 15) is 53.7 Å². The number of fused-ring (bicyclic) bond motifs is 11. The van der Waals surface area contributed by atoms with Gasteiger partial charge in [0.1, 0.15) is 53.8 Å². The van der Waals surface area contributed by atoms with Gasteiger partial charge in [-0.3, -0.25) is 38.4 Å². The van der Waals surface area contributed by atoms with Crippen molar-refractivity contribution in [1.82, 2.24) is 46.7 Å². The van der Waals surface area contributed by atoms with E-state index >= 15 is 4.79 Å². The number of aliphatic hydroxyl groups excluding tert-OH is 1. The lowest BCUT2D eigenvalue weighted by atomic mass is 10.00. The molecule has 3 aromatic carbocycles. The van der Waals surface area contributed by atoms with E-state index in [1.54, 1.807) is 50.2 Å². The number of hydrogen-bond acceptors (Lipinski definition) is 12. The number of phenols is 1. The third-order valence-electron chi connectivity index (χ3n) is 13.5. The quantitative estimate of drug-likeness (QED) is 0.117. The third-order valence-corrected chi connectivity index (χ3v) is 13.5. The van der Waals surface area contributed by atoms with Gasteiger partial charge in [0.15, 0.2) is 12.3 Å². The minimum absolute atomic E-state index is 0.0673. The van der Waals surface area contributed by atoms with E-state index < -0.39 is 126 Å². The molecule has 22 heteroatoms. The molecule has 0 spiro atoms. The Morgan fingerprint density at radius 2 is 1.39 bits per heavy atom. The molecule has 10 atom stereocenters. The summed E-state index contributed by atoms with van der Waals surface area (Å²) in [6.45, 7) is 4.67. The Morgan fingerprint density at radius 1 is 0.708 bits per heavy atom. The van der Waals surface area contributed by atoms with Crippen molar-refractivity contribution >= 4 is 64.1 Å². The van der Waals surface area contributed by atoms with E-state index in [1.807, 2.05) is 0 Å². The zero-order valence-corrected chi connectivity index (χ0v) is 39.6. The summed E-state index contributed by atoms with van der Waals surface area (Å²) in [5.74, 6) is -8.48. The van der Waals surface area contributed by atoms with Crippen LogP contribution in [0.4, 0.5) is 0 Å². The van der Waals surface area contributed by atoms with Crippen molar-refractivity contribution in [3.05, 3.63) is 95.7 Å². The van der Waals surface area contributed by atoms with Crippen LogP contribution in [0, 0.1) is 5.92 Å². The van der Waals surface area contributed by atoms with Crippen LogP contribution in [0.15, 0.2) is 79.0 Å². The standard InChI is InChI=1S/C50H57N9O13/c1-24(2)39-46(66)52-32-20-27-12-16-30(17-13-27)72-38-22-34(53-45(38)65)49(69)58-18-6-9-37(58)44(64)51-33(19-26-10-14-29(61)15-11-26)43(63)57-41(48(68)55-39)59-23-28(31-7-4-5-8-36(31)59)21-35(50(70)71)54-47(67)40(25(3)60)56-42(32)62/h4-5,7-8,10-17,23-25,32-35,37-41,60-61H,6,9,18-22H2,1-3H3,(H,51,64)(H,52,66)(H,53,65)(H,54,67)(H,55,68)(H,56,62)(H,57,63)(H,70,71)/t25-,32+,33+,34+,35+,37+,38+,39+,40+,41-/m1/s1. The lowest BCUT2D eigenvalue weighted by Gasteiger charge is -2.30. The van der Waals surface area contributed by atoms with Crippen LogP contribution in [0.3, 0.4) is 0 Å². The first-order valence-corrected chi connectivity index (χ1v) is 23.8. The molecule has 0 saturated carbocycles. The average Bonchev–Trinajstić information content (AvgIpc) is 4.08. The van der Waals surface area contributed by atoms with Crippen LogP contribution in [0.1, 0.15) is 62.9 Å². The van der Waals surface area contributed by atoms with Crippen molar-refractivity contribution in [1.29, 1.82) is 0 Å². The molecule has 0 unspecified atom stereocenters. The number of aliphatic carboxylic acids is 1. The number of ether oxygens (including phenoxy) is 1. The van der Waals surface area contributed by atoms with E-state index in [1.165, 1.54) is 59.0 Å². The highest BCUT2D eigenvalue weighted by molar-refractivity contribution is 6.00. The number of carbonyl (C=O) groups excluding carboxylic acids is 8. The number of carbonyl (C=O) groups is 9. The maximum atomic E-state index is 15.0. The molecule has 0 radical (unpaired) electrons. The van der Waals surface area contributed by atoms with Crippen molar-refractivity contribution in [2.24, 2.45) is 5.92 Å². The number of nitrogens with zero attached hydrogens (tertiary/aromatic N) is 2. The van der Waals surface area contributed by atoms with Gasteiger partial charge in [-0.15, -0.1) is 0 Å². The predicted octanol–water partition coefficient (Wildman–Crippen LogP) is -0.811. The van der Waals surface area contributed by atoms with Crippen LogP contribution in [0.5, 0.6) is 11.5 Å². The molecular weight excluding hydrogens is 935 g/mol. The summed E-state index contributed by atoms with van der Waals surface area (Å²) in [4.78, 5) is 129. The van der Waals surface area contributed by atoms with Crippen LogP contribution >= 0.6 is 0 Å². The molecule has 9 rings (SSSR count). The van der Waals surface area contributed by atoms with Crippen molar-refractivity contribution in [3.63, 3.8) is 0 Å². The molecular formula is C50H57N9O13. The number of aromatic nitrogens is 1. The molecule has 72 heavy (non-hydrogen) atoms. The number of aliphatic hydroxyl groups is 1. The van der Waals surface area contributed by atoms with Gasteiger partial charge in [-0.2, -0.15) is 0 Å². The zero-order valence-electron chi connectivity index (χ0n) is 39.6. The number of nitrogens with one attached hydrogen (secondary N) is 7. The first kappa shape index (κ1) is 50.4. The molecule has 8 amide bonds. The molecule has 10 N–H and O–H groups in total. The molecule has 2 saturated heterocycles. The van der Waals surface area contributed by atoms with Gasteiger partial charge < -0.3 is 66.7 Å². The molecule has 380 valence electrons. The third kappa shape index (κ3) is 11.0. The smallest absolute Gasteiger partial charge is 0.326 e. The van der Waals surface area contributed by atoms with Crippen molar-refractivity contribution in [3.8, 4) is 11.5 Å². The second-order valence-electron chi connectivity index (χ2n) is 19.0. The maximum Gasteiger partial charge on any atom is 0.326 e. The Morgan fingerprint density at radius 3 is 2.08 bits per heavy atom. The van der Waals surface area contributed by atoms with Gasteiger partial charge in [0.05, 0.1) is 11.6 Å². The van der Waals surface area contributed by atoms with Crippen LogP contribution in [-0.4, -0.2) is 139 Å². The number of carboxylic acid groups (broad SMARTS) is 1. The molecule has 1 aromatic heterocycles. The highest BCUT2D eigenvalue weighted by Crippen LogP contribution is 2.28. The predicted molar refractivity (Wildman–Crippen MR) is 254 cm³/mol. The van der Waals surface area contributed by atoms with Gasteiger partial charge >= 0.3 is 5.97 Å². The monoisotopic (exact) mass is 991 g/mol. The SMILES string of the molecule is CC(C)[C@@H]1NC(=O)[C@@H]2NC(=O)[C@H](Cc3ccc(O)cc3)NC(=O)[C@@H]3CCCN3C(=O)[C@@H]3C[C@H](Oc4ccc(cc4)C[C@H](NC1=O)C(=O)N[C@@H]([C@@H](C)O)C(=O)N[C@H](C(=O)O)Cc1cn2c2ccccc12)C(=O)N3. The normalized spacial score (nSPS) is 27.2. The summed E-state index contributed by atoms with van der Waals surface area (Å²) in [6.07, 6.45) is -3.21. The Kier molecular flexibility index (Phi) is 14.8. The number of carboxylic acids is 1. The van der Waals surface area contributed by atoms with Crippen molar-refractivity contribution in [2.45, 2.75) is 120 Å². The van der Waals surface area contributed by atoms with Gasteiger partial charge in [-0.1, -0.05) is 56.3 Å². The highest BCUT2D eigenvalue weighted by atomic mass is 16.5. The van der Waals surface area contributed by atoms with Gasteiger partial charge in [-0.25, -0.2) is 4.79 Å². The van der Waals surface area contributed by atoms with Gasteiger partial charge in [0, 0.05) is 43.8 Å². The topological polar surface area (TPSA) is 316 Å². The summed E-state index contributed by atoms with van der Waals surface area (Å²) in [5.41, 5.74) is 1.53. The molecule has 4 aromatic rings. The van der Waals surface area contributed by atoms with Gasteiger partial charge in [0.25, 0.3) is 11.8 Å². The Bertz CT molecular complexity index is 2780. The largest absolute Gasteiger partial charge is 0.508 e. The fourth-order valence-corrected chi connectivity index (χ4v) is 9.59. The number of amides is 8.